The van der Waals surface area contributed by atoms with E-state index in [0.717, 1.165) is 45.2 Å². The Labute approximate surface area is 239 Å². The maximum Gasteiger partial charge on any atom is 0.314 e. The van der Waals surface area contributed by atoms with Crippen molar-refractivity contribution < 1.29 is 19.2 Å². The molecule has 214 valence electrons. The quantitative estimate of drug-likeness (QED) is 0.359. The molecule has 3 N–H and O–H groups in total. The Bertz CT molecular complexity index is 1310. The number of amides is 3. The first kappa shape index (κ1) is 27.2. The molecule has 3 aromatic rings. The van der Waals surface area contributed by atoms with Crippen LogP contribution >= 0.6 is 0 Å². The molecule has 2 fully saturated rings. The minimum atomic E-state index is -0.406. The summed E-state index contributed by atoms with van der Waals surface area (Å²) in [4.78, 5) is 41.3. The molecule has 0 radical (unpaired) electrons. The number of rotatable bonds is 8. The van der Waals surface area contributed by atoms with Gasteiger partial charge >= 0.3 is 6.03 Å². The first-order valence-corrected chi connectivity index (χ1v) is 14.5. The molecule has 3 amide bonds. The Balaban J connectivity index is 0.923. The van der Waals surface area contributed by atoms with E-state index in [2.05, 4.69) is 79.5 Å². The predicted molar refractivity (Wildman–Crippen MR) is 154 cm³/mol. The third-order valence-corrected chi connectivity index (χ3v) is 8.20. The summed E-state index contributed by atoms with van der Waals surface area (Å²) in [5, 5.41) is 6.16. The van der Waals surface area contributed by atoms with Gasteiger partial charge in [-0.15, -0.1) is 0 Å². The molecule has 0 spiro atoms. The van der Waals surface area contributed by atoms with E-state index in [0.29, 0.717) is 37.1 Å². The largest absolute Gasteiger partial charge is 0.350 e. The van der Waals surface area contributed by atoms with Crippen molar-refractivity contribution in [1.82, 2.24) is 26.1 Å². The molecule has 1 aliphatic carbocycles. The average Bonchev–Trinajstić information content (AvgIpc) is 3.36. The second-order valence-electron chi connectivity index (χ2n) is 10.9. The molecule has 0 saturated carbocycles. The SMILES string of the molecule is O=C(NCC1CCN(c2ncc(C(=O)NOC3CCCCO3)cn2)CC1)NCC1c2ccccc2-c2ccccc21. The molecule has 3 heterocycles. The summed E-state index contributed by atoms with van der Waals surface area (Å²) < 4.78 is 5.46. The number of carbonyl (C=O) groups is 2. The zero-order valence-electron chi connectivity index (χ0n) is 23.1. The number of nitrogens with zero attached hydrogens (tertiary/aromatic N) is 3. The van der Waals surface area contributed by atoms with Crippen LogP contribution in [0.4, 0.5) is 10.7 Å². The van der Waals surface area contributed by atoms with Gasteiger partial charge in [0.25, 0.3) is 5.91 Å². The van der Waals surface area contributed by atoms with Crippen molar-refractivity contribution >= 4 is 17.9 Å². The fraction of sp³-hybridized carbons (Fsp3) is 0.419. The highest BCUT2D eigenvalue weighted by Gasteiger charge is 2.28. The van der Waals surface area contributed by atoms with E-state index in [1.807, 2.05) is 0 Å². The lowest BCUT2D eigenvalue weighted by molar-refractivity contribution is -0.186. The molecular weight excluding hydrogens is 520 g/mol. The summed E-state index contributed by atoms with van der Waals surface area (Å²) in [7, 11) is 0. The zero-order chi connectivity index (χ0) is 28.0. The highest BCUT2D eigenvalue weighted by atomic mass is 16.8. The van der Waals surface area contributed by atoms with E-state index < -0.39 is 12.2 Å². The molecule has 1 unspecified atom stereocenters. The number of urea groups is 1. The fourth-order valence-corrected chi connectivity index (χ4v) is 5.90. The Morgan fingerprint density at radius 3 is 2.20 bits per heavy atom. The van der Waals surface area contributed by atoms with Gasteiger partial charge in [0.2, 0.25) is 5.95 Å². The van der Waals surface area contributed by atoms with E-state index in [9.17, 15) is 9.59 Å². The summed E-state index contributed by atoms with van der Waals surface area (Å²) in [6.45, 7) is 3.41. The number of piperidine rings is 1. The van der Waals surface area contributed by atoms with Gasteiger partial charge in [-0.25, -0.2) is 25.1 Å². The smallest absolute Gasteiger partial charge is 0.314 e. The van der Waals surface area contributed by atoms with Gasteiger partial charge in [-0.05, 0) is 53.9 Å². The maximum atomic E-state index is 12.7. The van der Waals surface area contributed by atoms with Crippen LogP contribution in [0.2, 0.25) is 0 Å². The van der Waals surface area contributed by atoms with Crippen molar-refractivity contribution in [3.8, 4) is 11.1 Å². The van der Waals surface area contributed by atoms with Gasteiger partial charge in [0.05, 0.1) is 5.56 Å². The van der Waals surface area contributed by atoms with E-state index >= 15 is 0 Å². The normalized spacial score (nSPS) is 18.8. The number of benzene rings is 2. The van der Waals surface area contributed by atoms with Crippen molar-refractivity contribution in [2.45, 2.75) is 44.3 Å². The van der Waals surface area contributed by atoms with Crippen LogP contribution in [0.3, 0.4) is 0 Å². The first-order valence-electron chi connectivity index (χ1n) is 14.5. The van der Waals surface area contributed by atoms with Crippen LogP contribution in [-0.4, -0.2) is 61.0 Å². The average molecular weight is 557 g/mol. The second kappa shape index (κ2) is 12.7. The van der Waals surface area contributed by atoms with E-state index in [4.69, 9.17) is 9.57 Å². The number of fused-ring (bicyclic) bond motifs is 3. The van der Waals surface area contributed by atoms with Crippen LogP contribution in [0.15, 0.2) is 60.9 Å². The summed E-state index contributed by atoms with van der Waals surface area (Å²) in [6.07, 6.45) is 7.26. The molecule has 2 aromatic carbocycles. The highest BCUT2D eigenvalue weighted by molar-refractivity contribution is 5.92. The monoisotopic (exact) mass is 556 g/mol. The van der Waals surface area contributed by atoms with Gasteiger partial charge < -0.3 is 20.3 Å². The fourth-order valence-electron chi connectivity index (χ4n) is 5.90. The molecule has 6 rings (SSSR count). The third-order valence-electron chi connectivity index (χ3n) is 8.20. The number of anilines is 1. The molecule has 10 nitrogen and oxygen atoms in total. The van der Waals surface area contributed by atoms with Gasteiger partial charge in [-0.2, -0.15) is 0 Å². The van der Waals surface area contributed by atoms with Crippen molar-refractivity contribution in [3.63, 3.8) is 0 Å². The molecule has 3 aliphatic rings. The maximum absolute atomic E-state index is 12.7. The number of hydrogen-bond donors (Lipinski definition) is 3. The second-order valence-corrected chi connectivity index (χ2v) is 10.9. The highest BCUT2D eigenvalue weighted by Crippen LogP contribution is 2.44. The van der Waals surface area contributed by atoms with Crippen molar-refractivity contribution in [3.05, 3.63) is 77.6 Å². The van der Waals surface area contributed by atoms with Gasteiger partial charge in [0, 0.05) is 57.5 Å². The van der Waals surface area contributed by atoms with Crippen molar-refractivity contribution in [2.24, 2.45) is 5.92 Å². The Kier molecular flexibility index (Phi) is 8.39. The molecule has 10 heteroatoms. The van der Waals surface area contributed by atoms with Crippen LogP contribution in [0.1, 0.15) is 59.5 Å². The van der Waals surface area contributed by atoms with Gasteiger partial charge in [0.15, 0.2) is 6.29 Å². The number of hydrogen-bond acceptors (Lipinski definition) is 7. The molecule has 2 saturated heterocycles. The number of ether oxygens (including phenoxy) is 1. The molecular formula is C31H36N6O4. The summed E-state index contributed by atoms with van der Waals surface area (Å²) in [5.41, 5.74) is 7.80. The van der Waals surface area contributed by atoms with Gasteiger partial charge in [-0.1, -0.05) is 48.5 Å². The standard InChI is InChI=1S/C31H36N6O4/c38-29(36-41-28-11-5-6-16-40-28)22-18-32-30(33-19-22)37-14-12-21(13-15-37)17-34-31(39)35-20-27-25-9-3-1-7-23(25)24-8-2-4-10-26(24)27/h1-4,7-10,18-19,21,27-28H,5-6,11-17,20H2,(H,36,38)(H2,34,35,39). The lowest BCUT2D eigenvalue weighted by Gasteiger charge is -2.32. The van der Waals surface area contributed by atoms with E-state index in [-0.39, 0.29) is 11.9 Å². The Hall–Kier alpha value is -4.02. The predicted octanol–water partition coefficient (Wildman–Crippen LogP) is 3.99. The lowest BCUT2D eigenvalue weighted by Crippen LogP contribution is -2.43. The third kappa shape index (κ3) is 6.34. The number of carbonyl (C=O) groups excluding carboxylic acids is 2. The molecule has 0 bridgehead atoms. The van der Waals surface area contributed by atoms with Crippen LogP contribution in [-0.2, 0) is 9.57 Å². The molecule has 1 aromatic heterocycles. The topological polar surface area (TPSA) is 118 Å². The lowest BCUT2D eigenvalue weighted by atomic mass is 9.96. The van der Waals surface area contributed by atoms with Gasteiger partial charge in [0.1, 0.15) is 0 Å². The minimum Gasteiger partial charge on any atom is -0.350 e. The first-order chi connectivity index (χ1) is 20.2. The van der Waals surface area contributed by atoms with Crippen molar-refractivity contribution in [1.29, 1.82) is 0 Å². The number of aromatic nitrogens is 2. The van der Waals surface area contributed by atoms with Crippen LogP contribution in [0.5, 0.6) is 0 Å². The van der Waals surface area contributed by atoms with Crippen molar-refractivity contribution in [2.75, 3.05) is 37.7 Å². The summed E-state index contributed by atoms with van der Waals surface area (Å²) >= 11 is 0. The molecule has 2 aliphatic heterocycles. The van der Waals surface area contributed by atoms with Gasteiger partial charge in [-0.3, -0.25) is 4.79 Å². The summed E-state index contributed by atoms with van der Waals surface area (Å²) in [6, 6.07) is 16.7. The number of nitrogens with one attached hydrogen (secondary N) is 3. The summed E-state index contributed by atoms with van der Waals surface area (Å²) in [5.74, 6) is 0.746. The molecule has 1 atom stereocenters. The Morgan fingerprint density at radius 1 is 0.878 bits per heavy atom. The molecule has 41 heavy (non-hydrogen) atoms. The van der Waals surface area contributed by atoms with Crippen LogP contribution in [0.25, 0.3) is 11.1 Å². The number of hydroxylamine groups is 1. The van der Waals surface area contributed by atoms with Crippen LogP contribution in [0, 0.1) is 5.92 Å². The van der Waals surface area contributed by atoms with Crippen LogP contribution < -0.4 is 21.0 Å². The Morgan fingerprint density at radius 2 is 1.54 bits per heavy atom. The zero-order valence-corrected chi connectivity index (χ0v) is 23.1. The van der Waals surface area contributed by atoms with E-state index in [1.54, 1.807) is 0 Å². The minimum absolute atomic E-state index is 0.134. The van der Waals surface area contributed by atoms with E-state index in [1.165, 1.54) is 34.6 Å².